The number of amides is 2. The van der Waals surface area contributed by atoms with Crippen molar-refractivity contribution in [3.05, 3.63) is 35.9 Å². The molecule has 20 heavy (non-hydrogen) atoms. The van der Waals surface area contributed by atoms with Crippen LogP contribution in [0.25, 0.3) is 0 Å². The van der Waals surface area contributed by atoms with Gasteiger partial charge in [0.25, 0.3) is 0 Å². The summed E-state index contributed by atoms with van der Waals surface area (Å²) in [5, 5.41) is 14.6. The summed E-state index contributed by atoms with van der Waals surface area (Å²) in [6.07, 6.45) is 3.46. The van der Waals surface area contributed by atoms with E-state index in [4.69, 9.17) is 0 Å². The molecule has 0 aliphatic heterocycles. The number of benzene rings is 1. The summed E-state index contributed by atoms with van der Waals surface area (Å²) >= 11 is 0. The molecule has 1 saturated carbocycles. The van der Waals surface area contributed by atoms with Crippen molar-refractivity contribution in [1.82, 2.24) is 10.6 Å². The number of urea groups is 1. The standard InChI is InChI=1S/C15H20N2O3/c1-10(11-8-5-9-11)16-15(20)17-13(14(18)19)12-6-3-2-4-7-12/h2-4,6-7,10-11,13H,5,8-9H2,1H3,(H,18,19)(H2,16,17,20)/t10?,13-/m1/s1. The van der Waals surface area contributed by atoms with Crippen LogP contribution in [0, 0.1) is 5.92 Å². The highest BCUT2D eigenvalue weighted by Gasteiger charge is 2.27. The first-order chi connectivity index (χ1) is 9.58. The van der Waals surface area contributed by atoms with E-state index in [0.717, 1.165) is 12.8 Å². The van der Waals surface area contributed by atoms with Crippen molar-refractivity contribution in [2.75, 3.05) is 0 Å². The lowest BCUT2D eigenvalue weighted by molar-refractivity contribution is -0.139. The summed E-state index contributed by atoms with van der Waals surface area (Å²) in [7, 11) is 0. The third kappa shape index (κ3) is 3.50. The van der Waals surface area contributed by atoms with E-state index >= 15 is 0 Å². The lowest BCUT2D eigenvalue weighted by atomic mass is 9.80. The van der Waals surface area contributed by atoms with Crippen molar-refractivity contribution in [3.63, 3.8) is 0 Å². The van der Waals surface area contributed by atoms with Gasteiger partial charge in [0, 0.05) is 6.04 Å². The van der Waals surface area contributed by atoms with Crippen LogP contribution in [0.15, 0.2) is 30.3 Å². The van der Waals surface area contributed by atoms with E-state index in [1.165, 1.54) is 6.42 Å². The van der Waals surface area contributed by atoms with E-state index in [0.29, 0.717) is 11.5 Å². The summed E-state index contributed by atoms with van der Waals surface area (Å²) in [4.78, 5) is 23.2. The van der Waals surface area contributed by atoms with Crippen molar-refractivity contribution in [1.29, 1.82) is 0 Å². The Kier molecular flexibility index (Phi) is 4.61. The van der Waals surface area contributed by atoms with Crippen LogP contribution in [-0.2, 0) is 4.79 Å². The molecule has 0 saturated heterocycles. The Morgan fingerprint density at radius 3 is 2.35 bits per heavy atom. The van der Waals surface area contributed by atoms with E-state index < -0.39 is 18.0 Å². The van der Waals surface area contributed by atoms with Crippen LogP contribution in [-0.4, -0.2) is 23.1 Å². The van der Waals surface area contributed by atoms with Gasteiger partial charge in [-0.1, -0.05) is 36.8 Å². The average Bonchev–Trinajstić information content (AvgIpc) is 2.34. The fourth-order valence-electron chi connectivity index (χ4n) is 2.37. The van der Waals surface area contributed by atoms with Gasteiger partial charge in [-0.3, -0.25) is 0 Å². The maximum atomic E-state index is 11.9. The van der Waals surface area contributed by atoms with Crippen LogP contribution in [0.4, 0.5) is 4.79 Å². The van der Waals surface area contributed by atoms with Gasteiger partial charge in [-0.15, -0.1) is 0 Å². The third-order valence-corrected chi connectivity index (χ3v) is 3.87. The zero-order valence-corrected chi connectivity index (χ0v) is 11.5. The van der Waals surface area contributed by atoms with E-state index in [2.05, 4.69) is 10.6 Å². The normalized spacial score (nSPS) is 17.6. The molecule has 2 rings (SSSR count). The molecule has 0 heterocycles. The molecule has 0 bridgehead atoms. The molecule has 0 radical (unpaired) electrons. The number of hydrogen-bond donors (Lipinski definition) is 3. The van der Waals surface area contributed by atoms with Gasteiger partial charge in [0.15, 0.2) is 6.04 Å². The largest absolute Gasteiger partial charge is 0.479 e. The molecule has 5 heteroatoms. The quantitative estimate of drug-likeness (QED) is 0.772. The van der Waals surface area contributed by atoms with Gasteiger partial charge in [-0.05, 0) is 31.2 Å². The Morgan fingerprint density at radius 1 is 1.20 bits per heavy atom. The zero-order valence-electron chi connectivity index (χ0n) is 11.5. The van der Waals surface area contributed by atoms with E-state index in [1.54, 1.807) is 30.3 Å². The molecule has 1 unspecified atom stereocenters. The summed E-state index contributed by atoms with van der Waals surface area (Å²) in [5.41, 5.74) is 0.562. The van der Waals surface area contributed by atoms with Gasteiger partial charge in [0.1, 0.15) is 0 Å². The van der Waals surface area contributed by atoms with Gasteiger partial charge in [-0.25, -0.2) is 9.59 Å². The van der Waals surface area contributed by atoms with Crippen LogP contribution in [0.3, 0.4) is 0 Å². The maximum Gasteiger partial charge on any atom is 0.330 e. The number of carboxylic acid groups (broad SMARTS) is 1. The number of carbonyl (C=O) groups excluding carboxylic acids is 1. The first-order valence-electron chi connectivity index (χ1n) is 6.92. The molecule has 1 fully saturated rings. The monoisotopic (exact) mass is 276 g/mol. The van der Waals surface area contributed by atoms with Crippen molar-refractivity contribution in [3.8, 4) is 0 Å². The molecule has 2 atom stereocenters. The lowest BCUT2D eigenvalue weighted by Gasteiger charge is -2.32. The Hall–Kier alpha value is -2.04. The minimum Gasteiger partial charge on any atom is -0.479 e. The van der Waals surface area contributed by atoms with Crippen molar-refractivity contribution >= 4 is 12.0 Å². The van der Waals surface area contributed by atoms with E-state index in [-0.39, 0.29) is 6.04 Å². The lowest BCUT2D eigenvalue weighted by Crippen LogP contribution is -2.47. The van der Waals surface area contributed by atoms with E-state index in [1.807, 2.05) is 6.92 Å². The minimum atomic E-state index is -1.07. The second-order valence-electron chi connectivity index (χ2n) is 5.28. The number of carboxylic acids is 1. The molecular weight excluding hydrogens is 256 g/mol. The van der Waals surface area contributed by atoms with Crippen molar-refractivity contribution < 1.29 is 14.7 Å². The summed E-state index contributed by atoms with van der Waals surface area (Å²) in [6.45, 7) is 1.96. The molecule has 2 amide bonds. The molecule has 1 aromatic carbocycles. The summed E-state index contributed by atoms with van der Waals surface area (Å²) in [6, 6.07) is 7.31. The fourth-order valence-corrected chi connectivity index (χ4v) is 2.37. The highest BCUT2D eigenvalue weighted by Crippen LogP contribution is 2.29. The number of nitrogens with one attached hydrogen (secondary N) is 2. The van der Waals surface area contributed by atoms with E-state index in [9.17, 15) is 14.7 Å². The maximum absolute atomic E-state index is 11.9. The van der Waals surface area contributed by atoms with Gasteiger partial charge in [-0.2, -0.15) is 0 Å². The second kappa shape index (κ2) is 6.41. The highest BCUT2D eigenvalue weighted by atomic mass is 16.4. The number of carbonyl (C=O) groups is 2. The molecule has 1 aliphatic carbocycles. The Bertz CT molecular complexity index is 471. The van der Waals surface area contributed by atoms with Crippen LogP contribution in [0.1, 0.15) is 37.8 Å². The molecule has 1 aromatic rings. The fraction of sp³-hybridized carbons (Fsp3) is 0.467. The topological polar surface area (TPSA) is 78.4 Å². The molecular formula is C15H20N2O3. The Labute approximate surface area is 118 Å². The molecule has 0 spiro atoms. The van der Waals surface area contributed by atoms with Gasteiger partial charge < -0.3 is 15.7 Å². The highest BCUT2D eigenvalue weighted by molar-refractivity contribution is 5.83. The third-order valence-electron chi connectivity index (χ3n) is 3.87. The molecule has 5 nitrogen and oxygen atoms in total. The summed E-state index contributed by atoms with van der Waals surface area (Å²) in [5.74, 6) is -0.552. The number of hydrogen-bond acceptors (Lipinski definition) is 2. The number of aliphatic carboxylic acids is 1. The smallest absolute Gasteiger partial charge is 0.330 e. The second-order valence-corrected chi connectivity index (χ2v) is 5.28. The van der Waals surface area contributed by atoms with Crippen LogP contribution < -0.4 is 10.6 Å². The minimum absolute atomic E-state index is 0.0777. The van der Waals surface area contributed by atoms with Crippen molar-refractivity contribution in [2.24, 2.45) is 5.92 Å². The first kappa shape index (κ1) is 14.4. The Balaban J connectivity index is 1.94. The molecule has 3 N–H and O–H groups in total. The first-order valence-corrected chi connectivity index (χ1v) is 6.92. The number of rotatable bonds is 5. The van der Waals surface area contributed by atoms with Crippen LogP contribution in [0.2, 0.25) is 0 Å². The Morgan fingerprint density at radius 2 is 1.85 bits per heavy atom. The van der Waals surface area contributed by atoms with Gasteiger partial charge >= 0.3 is 12.0 Å². The molecule has 0 aromatic heterocycles. The zero-order chi connectivity index (χ0) is 14.5. The average molecular weight is 276 g/mol. The predicted molar refractivity (Wildman–Crippen MR) is 75.3 cm³/mol. The van der Waals surface area contributed by atoms with Crippen LogP contribution in [0.5, 0.6) is 0 Å². The van der Waals surface area contributed by atoms with Crippen LogP contribution >= 0.6 is 0 Å². The van der Waals surface area contributed by atoms with Gasteiger partial charge in [0.05, 0.1) is 0 Å². The SMILES string of the molecule is CC(NC(=O)N[C@@H](C(=O)O)c1ccccc1)C1CCC1. The summed E-state index contributed by atoms with van der Waals surface area (Å²) < 4.78 is 0. The predicted octanol–water partition coefficient (Wildman–Crippen LogP) is 2.30. The molecule has 1 aliphatic rings. The van der Waals surface area contributed by atoms with Crippen molar-refractivity contribution in [2.45, 2.75) is 38.3 Å². The molecule has 108 valence electrons. The van der Waals surface area contributed by atoms with Gasteiger partial charge in [0.2, 0.25) is 0 Å².